The van der Waals surface area contributed by atoms with E-state index in [2.05, 4.69) is 62.4 Å². The van der Waals surface area contributed by atoms with Crippen LogP contribution in [0, 0.1) is 0 Å². The predicted molar refractivity (Wildman–Crippen MR) is 90.3 cm³/mol. The molecule has 0 radical (unpaired) electrons. The number of para-hydroxylation sites is 1. The van der Waals surface area contributed by atoms with Crippen LogP contribution in [-0.4, -0.2) is 25.0 Å². The number of nitrogens with one attached hydrogen (secondary N) is 1. The van der Waals surface area contributed by atoms with Crippen LogP contribution in [-0.2, 0) is 6.54 Å². The largest absolute Gasteiger partial charge is 0.382 e. The maximum absolute atomic E-state index is 3.68. The molecule has 1 atom stereocenters. The summed E-state index contributed by atoms with van der Waals surface area (Å²) in [7, 11) is 4.24. The van der Waals surface area contributed by atoms with E-state index in [9.17, 15) is 0 Å². The fourth-order valence-electron chi connectivity index (χ4n) is 2.53. The van der Waals surface area contributed by atoms with Crippen LogP contribution in [0.2, 0.25) is 0 Å². The van der Waals surface area contributed by atoms with Crippen molar-refractivity contribution in [3.63, 3.8) is 0 Å². The Balaban J connectivity index is 2.39. The van der Waals surface area contributed by atoms with Gasteiger partial charge in [-0.15, -0.1) is 0 Å². The molecule has 0 amide bonds. The van der Waals surface area contributed by atoms with Crippen molar-refractivity contribution < 1.29 is 0 Å². The molecule has 2 nitrogen and oxygen atoms in total. The molecule has 0 aliphatic heterocycles. The van der Waals surface area contributed by atoms with Crippen LogP contribution in [0.15, 0.2) is 24.3 Å². The first-order valence-corrected chi connectivity index (χ1v) is 8.12. The van der Waals surface area contributed by atoms with Crippen molar-refractivity contribution in [1.29, 1.82) is 0 Å². The maximum Gasteiger partial charge on any atom is 0.0387 e. The van der Waals surface area contributed by atoms with Gasteiger partial charge in [0.05, 0.1) is 0 Å². The highest BCUT2D eigenvalue weighted by Gasteiger charge is 2.06. The molecule has 0 spiro atoms. The lowest BCUT2D eigenvalue weighted by Crippen LogP contribution is -2.18. The first-order valence-electron chi connectivity index (χ1n) is 8.12. The average molecular weight is 276 g/mol. The molecule has 0 fully saturated rings. The molecule has 1 aromatic carbocycles. The third kappa shape index (κ3) is 6.95. The highest BCUT2D eigenvalue weighted by Crippen LogP contribution is 2.19. The number of unbranched alkanes of at least 4 members (excludes halogenated alkanes) is 4. The Bertz CT molecular complexity index is 360. The van der Waals surface area contributed by atoms with E-state index < -0.39 is 0 Å². The molecule has 0 aliphatic carbocycles. The molecule has 1 rings (SSSR count). The van der Waals surface area contributed by atoms with Gasteiger partial charge in [0.2, 0.25) is 0 Å². The van der Waals surface area contributed by atoms with E-state index >= 15 is 0 Å². The molecule has 20 heavy (non-hydrogen) atoms. The van der Waals surface area contributed by atoms with Crippen LogP contribution in [0.25, 0.3) is 0 Å². The summed E-state index contributed by atoms with van der Waals surface area (Å²) in [5.74, 6) is 0. The van der Waals surface area contributed by atoms with Gasteiger partial charge in [-0.05, 0) is 39.1 Å². The van der Waals surface area contributed by atoms with E-state index in [4.69, 9.17) is 0 Å². The van der Waals surface area contributed by atoms with Crippen LogP contribution in [0.5, 0.6) is 0 Å². The average Bonchev–Trinajstić information content (AvgIpc) is 2.40. The first kappa shape index (κ1) is 17.0. The van der Waals surface area contributed by atoms with Gasteiger partial charge in [0.25, 0.3) is 0 Å². The van der Waals surface area contributed by atoms with Crippen molar-refractivity contribution in [2.45, 2.75) is 65.0 Å². The number of hydrogen-bond acceptors (Lipinski definition) is 2. The fraction of sp³-hybridized carbons (Fsp3) is 0.667. The van der Waals surface area contributed by atoms with Gasteiger partial charge in [0.1, 0.15) is 0 Å². The molecule has 0 saturated heterocycles. The molecule has 114 valence electrons. The van der Waals surface area contributed by atoms with E-state index in [-0.39, 0.29) is 0 Å². The predicted octanol–water partition coefficient (Wildman–Crippen LogP) is 4.91. The second-order valence-corrected chi connectivity index (χ2v) is 6.14. The van der Waals surface area contributed by atoms with Crippen molar-refractivity contribution in [2.75, 3.05) is 19.4 Å². The zero-order valence-electron chi connectivity index (χ0n) is 13.8. The molecule has 1 N–H and O–H groups in total. The van der Waals surface area contributed by atoms with Crippen molar-refractivity contribution >= 4 is 5.69 Å². The van der Waals surface area contributed by atoms with Gasteiger partial charge < -0.3 is 10.2 Å². The highest BCUT2D eigenvalue weighted by molar-refractivity contribution is 5.51. The molecule has 1 unspecified atom stereocenters. The van der Waals surface area contributed by atoms with E-state index in [0.717, 1.165) is 6.54 Å². The highest BCUT2D eigenvalue weighted by atomic mass is 15.1. The molecule has 0 heterocycles. The molecule has 2 heteroatoms. The van der Waals surface area contributed by atoms with E-state index in [1.807, 2.05) is 0 Å². The smallest absolute Gasteiger partial charge is 0.0387 e. The SMILES string of the molecule is CCCCCCCC(C)Nc1ccccc1CN(C)C. The molecular formula is C18H32N2. The quantitative estimate of drug-likeness (QED) is 0.611. The van der Waals surface area contributed by atoms with Gasteiger partial charge in [-0.25, -0.2) is 0 Å². The lowest BCUT2D eigenvalue weighted by Gasteiger charge is -2.20. The lowest BCUT2D eigenvalue weighted by atomic mass is 10.1. The van der Waals surface area contributed by atoms with Crippen molar-refractivity contribution in [3.8, 4) is 0 Å². The molecular weight excluding hydrogens is 244 g/mol. The minimum absolute atomic E-state index is 0.555. The number of benzene rings is 1. The number of anilines is 1. The molecule has 0 bridgehead atoms. The Morgan fingerprint density at radius 2 is 1.75 bits per heavy atom. The molecule has 1 aromatic rings. The van der Waals surface area contributed by atoms with Gasteiger partial charge in [0.15, 0.2) is 0 Å². The topological polar surface area (TPSA) is 15.3 Å². The maximum atomic E-state index is 3.68. The van der Waals surface area contributed by atoms with Crippen molar-refractivity contribution in [2.24, 2.45) is 0 Å². The van der Waals surface area contributed by atoms with Gasteiger partial charge in [-0.2, -0.15) is 0 Å². The summed E-state index contributed by atoms with van der Waals surface area (Å²) in [4.78, 5) is 2.22. The van der Waals surface area contributed by atoms with Crippen LogP contribution in [0.1, 0.15) is 57.9 Å². The van der Waals surface area contributed by atoms with Gasteiger partial charge in [-0.1, -0.05) is 57.2 Å². The number of nitrogens with zero attached hydrogens (tertiary/aromatic N) is 1. The third-order valence-corrected chi connectivity index (χ3v) is 3.65. The Morgan fingerprint density at radius 3 is 2.45 bits per heavy atom. The summed E-state index contributed by atoms with van der Waals surface area (Å²) in [6.07, 6.45) is 8.07. The Hall–Kier alpha value is -1.02. The second kappa shape index (κ2) is 9.82. The minimum atomic E-state index is 0.555. The zero-order valence-corrected chi connectivity index (χ0v) is 13.8. The number of hydrogen-bond donors (Lipinski definition) is 1. The zero-order chi connectivity index (χ0) is 14.8. The van der Waals surface area contributed by atoms with Crippen LogP contribution in [0.3, 0.4) is 0 Å². The summed E-state index contributed by atoms with van der Waals surface area (Å²) in [5.41, 5.74) is 2.68. The van der Waals surface area contributed by atoms with Crippen molar-refractivity contribution in [1.82, 2.24) is 4.90 Å². The van der Waals surface area contributed by atoms with Crippen LogP contribution >= 0.6 is 0 Å². The van der Waals surface area contributed by atoms with E-state index in [1.165, 1.54) is 49.8 Å². The minimum Gasteiger partial charge on any atom is -0.382 e. The van der Waals surface area contributed by atoms with E-state index in [1.54, 1.807) is 0 Å². The van der Waals surface area contributed by atoms with Gasteiger partial charge in [-0.3, -0.25) is 0 Å². The van der Waals surface area contributed by atoms with Gasteiger partial charge in [0, 0.05) is 18.3 Å². The summed E-state index contributed by atoms with van der Waals surface area (Å²) in [6.45, 7) is 5.56. The summed E-state index contributed by atoms with van der Waals surface area (Å²) in [6, 6.07) is 9.22. The second-order valence-electron chi connectivity index (χ2n) is 6.14. The molecule has 0 saturated carbocycles. The van der Waals surface area contributed by atoms with Gasteiger partial charge >= 0.3 is 0 Å². The lowest BCUT2D eigenvalue weighted by molar-refractivity contribution is 0.403. The van der Waals surface area contributed by atoms with E-state index in [0.29, 0.717) is 6.04 Å². The van der Waals surface area contributed by atoms with Crippen LogP contribution in [0.4, 0.5) is 5.69 Å². The summed E-state index contributed by atoms with van der Waals surface area (Å²) >= 11 is 0. The monoisotopic (exact) mass is 276 g/mol. The molecule has 0 aliphatic rings. The Morgan fingerprint density at radius 1 is 1.05 bits per heavy atom. The third-order valence-electron chi connectivity index (χ3n) is 3.65. The summed E-state index contributed by atoms with van der Waals surface area (Å²) in [5, 5.41) is 3.68. The fourth-order valence-corrected chi connectivity index (χ4v) is 2.53. The standard InChI is InChI=1S/C18H32N2/c1-5-6-7-8-9-12-16(2)19-18-14-11-10-13-17(18)15-20(3)4/h10-11,13-14,16,19H,5-9,12,15H2,1-4H3. The van der Waals surface area contributed by atoms with Crippen molar-refractivity contribution in [3.05, 3.63) is 29.8 Å². The normalized spacial score (nSPS) is 12.7. The Kier molecular flexibility index (Phi) is 8.36. The molecule has 0 aromatic heterocycles. The van der Waals surface area contributed by atoms with Crippen LogP contribution < -0.4 is 5.32 Å². The number of rotatable bonds is 10. The Labute approximate surface area is 125 Å². The summed E-state index contributed by atoms with van der Waals surface area (Å²) < 4.78 is 0. The first-order chi connectivity index (χ1) is 9.63.